The number of hydrogen-bond donors (Lipinski definition) is 1. The Bertz CT molecular complexity index is 366. The number of carbonyl (C=O) groups excluding carboxylic acids is 1. The molecule has 0 radical (unpaired) electrons. The van der Waals surface area contributed by atoms with Crippen molar-refractivity contribution >= 4 is 5.91 Å². The first-order valence-electron chi connectivity index (χ1n) is 5.26. The number of halogens is 1. The maximum atomic E-state index is 13.3. The third-order valence-electron chi connectivity index (χ3n) is 2.27. The summed E-state index contributed by atoms with van der Waals surface area (Å²) in [5.74, 6) is -0.128. The van der Waals surface area contributed by atoms with Crippen LogP contribution in [-0.4, -0.2) is 19.6 Å². The molecule has 1 aromatic carbocycles. The summed E-state index contributed by atoms with van der Waals surface area (Å²) in [6.07, 6.45) is 1.09. The maximum absolute atomic E-state index is 13.3. The van der Waals surface area contributed by atoms with E-state index in [-0.39, 0.29) is 17.5 Å². The van der Waals surface area contributed by atoms with E-state index in [4.69, 9.17) is 4.74 Å². The second kappa shape index (κ2) is 6.10. The Labute approximate surface area is 94.6 Å². The van der Waals surface area contributed by atoms with Crippen molar-refractivity contribution in [2.45, 2.75) is 19.8 Å². The number of hydrogen-bond acceptors (Lipinski definition) is 2. The Morgan fingerprint density at radius 3 is 2.81 bits per heavy atom. The standard InChI is InChI=1S/C12H16FNO2/c1-3-12(15)14-7-6-9-4-5-11(16-2)10(13)8-9/h4-5,8H,3,6-7H2,1-2H3,(H,14,15). The molecule has 0 bridgehead atoms. The molecule has 4 heteroatoms. The molecule has 0 saturated carbocycles. The lowest BCUT2D eigenvalue weighted by atomic mass is 10.1. The summed E-state index contributed by atoms with van der Waals surface area (Å²) in [6, 6.07) is 4.81. The molecule has 1 rings (SSSR count). The van der Waals surface area contributed by atoms with E-state index >= 15 is 0 Å². The highest BCUT2D eigenvalue weighted by Gasteiger charge is 2.03. The van der Waals surface area contributed by atoms with Gasteiger partial charge in [-0.1, -0.05) is 13.0 Å². The van der Waals surface area contributed by atoms with Gasteiger partial charge in [-0.05, 0) is 24.1 Å². The van der Waals surface area contributed by atoms with Crippen LogP contribution in [0.5, 0.6) is 5.75 Å². The van der Waals surface area contributed by atoms with E-state index in [0.717, 1.165) is 5.56 Å². The first kappa shape index (κ1) is 12.5. The van der Waals surface area contributed by atoms with Gasteiger partial charge >= 0.3 is 0 Å². The Morgan fingerprint density at radius 2 is 2.25 bits per heavy atom. The van der Waals surface area contributed by atoms with Crippen molar-refractivity contribution in [3.63, 3.8) is 0 Å². The summed E-state index contributed by atoms with van der Waals surface area (Å²) in [5, 5.41) is 2.74. The highest BCUT2D eigenvalue weighted by atomic mass is 19.1. The van der Waals surface area contributed by atoms with E-state index in [2.05, 4.69) is 5.32 Å². The lowest BCUT2D eigenvalue weighted by molar-refractivity contribution is -0.120. The number of rotatable bonds is 5. The van der Waals surface area contributed by atoms with Crippen LogP contribution in [0.25, 0.3) is 0 Å². The smallest absolute Gasteiger partial charge is 0.219 e. The van der Waals surface area contributed by atoms with Crippen LogP contribution < -0.4 is 10.1 Å². The van der Waals surface area contributed by atoms with Gasteiger partial charge in [0.15, 0.2) is 11.6 Å². The quantitative estimate of drug-likeness (QED) is 0.831. The van der Waals surface area contributed by atoms with Crippen molar-refractivity contribution in [1.82, 2.24) is 5.32 Å². The van der Waals surface area contributed by atoms with Gasteiger partial charge in [0.2, 0.25) is 5.91 Å². The van der Waals surface area contributed by atoms with Crippen LogP contribution in [0.15, 0.2) is 18.2 Å². The molecule has 0 unspecified atom stereocenters. The average molecular weight is 225 g/mol. The molecule has 1 amide bonds. The third kappa shape index (κ3) is 3.53. The molecule has 1 aromatic rings. The topological polar surface area (TPSA) is 38.3 Å². The lowest BCUT2D eigenvalue weighted by Crippen LogP contribution is -2.24. The van der Waals surface area contributed by atoms with E-state index in [9.17, 15) is 9.18 Å². The summed E-state index contributed by atoms with van der Waals surface area (Å²) in [7, 11) is 1.43. The van der Waals surface area contributed by atoms with Gasteiger partial charge in [-0.3, -0.25) is 4.79 Å². The monoisotopic (exact) mass is 225 g/mol. The molecule has 0 aliphatic rings. The van der Waals surface area contributed by atoms with Crippen molar-refractivity contribution < 1.29 is 13.9 Å². The summed E-state index contributed by atoms with van der Waals surface area (Å²) in [5.41, 5.74) is 0.842. The van der Waals surface area contributed by atoms with E-state index < -0.39 is 0 Å². The normalized spacial score (nSPS) is 9.94. The number of carbonyl (C=O) groups is 1. The molecule has 0 spiro atoms. The van der Waals surface area contributed by atoms with Gasteiger partial charge in [0, 0.05) is 13.0 Å². The second-order valence-corrected chi connectivity index (χ2v) is 3.42. The van der Waals surface area contributed by atoms with Crippen LogP contribution in [0.2, 0.25) is 0 Å². The Morgan fingerprint density at radius 1 is 1.50 bits per heavy atom. The van der Waals surface area contributed by atoms with Crippen molar-refractivity contribution in [1.29, 1.82) is 0 Å². The molecular weight excluding hydrogens is 209 g/mol. The van der Waals surface area contributed by atoms with E-state index in [1.165, 1.54) is 13.2 Å². The molecule has 0 aliphatic carbocycles. The lowest BCUT2D eigenvalue weighted by Gasteiger charge is -2.06. The Kier molecular flexibility index (Phi) is 4.76. The predicted molar refractivity (Wildman–Crippen MR) is 60.0 cm³/mol. The number of nitrogens with one attached hydrogen (secondary N) is 1. The molecule has 88 valence electrons. The van der Waals surface area contributed by atoms with E-state index in [0.29, 0.717) is 19.4 Å². The van der Waals surface area contributed by atoms with Crippen LogP contribution in [-0.2, 0) is 11.2 Å². The summed E-state index contributed by atoms with van der Waals surface area (Å²) in [4.78, 5) is 11.0. The fourth-order valence-corrected chi connectivity index (χ4v) is 1.34. The average Bonchev–Trinajstić information content (AvgIpc) is 2.29. The molecule has 0 heterocycles. The van der Waals surface area contributed by atoms with Crippen molar-refractivity contribution in [2.24, 2.45) is 0 Å². The van der Waals surface area contributed by atoms with E-state index in [1.807, 2.05) is 0 Å². The summed E-state index contributed by atoms with van der Waals surface area (Å²) >= 11 is 0. The SMILES string of the molecule is CCC(=O)NCCc1ccc(OC)c(F)c1. The highest BCUT2D eigenvalue weighted by Crippen LogP contribution is 2.17. The predicted octanol–water partition coefficient (Wildman–Crippen LogP) is 1.90. The van der Waals surface area contributed by atoms with E-state index in [1.54, 1.807) is 19.1 Å². The van der Waals surface area contributed by atoms with Crippen molar-refractivity contribution in [2.75, 3.05) is 13.7 Å². The van der Waals surface area contributed by atoms with Gasteiger partial charge < -0.3 is 10.1 Å². The largest absolute Gasteiger partial charge is 0.494 e. The van der Waals surface area contributed by atoms with Gasteiger partial charge in [0.1, 0.15) is 0 Å². The molecule has 1 N–H and O–H groups in total. The van der Waals surface area contributed by atoms with Crippen LogP contribution in [0.4, 0.5) is 4.39 Å². The zero-order valence-corrected chi connectivity index (χ0v) is 9.55. The first-order chi connectivity index (χ1) is 7.67. The van der Waals surface area contributed by atoms with Crippen molar-refractivity contribution in [3.05, 3.63) is 29.6 Å². The van der Waals surface area contributed by atoms with Gasteiger partial charge in [0.05, 0.1) is 7.11 Å². The molecule has 0 aromatic heterocycles. The maximum Gasteiger partial charge on any atom is 0.219 e. The molecule has 0 aliphatic heterocycles. The Hall–Kier alpha value is -1.58. The minimum absolute atomic E-state index is 0.00832. The third-order valence-corrected chi connectivity index (χ3v) is 2.27. The molecule has 0 fully saturated rings. The second-order valence-electron chi connectivity index (χ2n) is 3.42. The number of benzene rings is 1. The fraction of sp³-hybridized carbons (Fsp3) is 0.417. The number of amides is 1. The minimum atomic E-state index is -0.373. The number of methoxy groups -OCH3 is 1. The zero-order valence-electron chi connectivity index (χ0n) is 9.55. The molecule has 16 heavy (non-hydrogen) atoms. The summed E-state index contributed by atoms with van der Waals surface area (Å²) in [6.45, 7) is 2.32. The van der Waals surface area contributed by atoms with Gasteiger partial charge in [-0.15, -0.1) is 0 Å². The minimum Gasteiger partial charge on any atom is -0.494 e. The number of ether oxygens (including phenoxy) is 1. The molecule has 0 atom stereocenters. The van der Waals surface area contributed by atoms with Gasteiger partial charge in [-0.25, -0.2) is 4.39 Å². The highest BCUT2D eigenvalue weighted by molar-refractivity contribution is 5.75. The van der Waals surface area contributed by atoms with Crippen LogP contribution >= 0.6 is 0 Å². The van der Waals surface area contributed by atoms with Crippen LogP contribution in [0.3, 0.4) is 0 Å². The van der Waals surface area contributed by atoms with Crippen LogP contribution in [0.1, 0.15) is 18.9 Å². The van der Waals surface area contributed by atoms with Crippen molar-refractivity contribution in [3.8, 4) is 5.75 Å². The molecule has 3 nitrogen and oxygen atoms in total. The fourth-order valence-electron chi connectivity index (χ4n) is 1.34. The molecular formula is C12H16FNO2. The van der Waals surface area contributed by atoms with Gasteiger partial charge in [0.25, 0.3) is 0 Å². The molecule has 0 saturated heterocycles. The summed E-state index contributed by atoms with van der Waals surface area (Å²) < 4.78 is 18.1. The van der Waals surface area contributed by atoms with Crippen LogP contribution in [0, 0.1) is 5.82 Å². The zero-order chi connectivity index (χ0) is 12.0. The Balaban J connectivity index is 2.49. The van der Waals surface area contributed by atoms with Gasteiger partial charge in [-0.2, -0.15) is 0 Å². The first-order valence-corrected chi connectivity index (χ1v) is 5.26.